The third-order valence-electron chi connectivity index (χ3n) is 4.25. The minimum atomic E-state index is 0.0524. The summed E-state index contributed by atoms with van der Waals surface area (Å²) in [5.74, 6) is 0.0524. The molecule has 0 aromatic carbocycles. The third-order valence-corrected chi connectivity index (χ3v) is 4.25. The smallest absolute Gasteiger partial charge is 0.272 e. The standard InChI is InChI=1S/C15H20N2O2/c1-12-4-2-5-13(16-12)14(18)17-9-7-15(8-10-17)6-3-11-19-15/h2,4-5H,3,6-11H2,1H3. The lowest BCUT2D eigenvalue weighted by molar-refractivity contribution is -0.0388. The van der Waals surface area contributed by atoms with Crippen molar-refractivity contribution >= 4 is 5.91 Å². The van der Waals surface area contributed by atoms with Gasteiger partial charge in [0, 0.05) is 25.4 Å². The van der Waals surface area contributed by atoms with Crippen molar-refractivity contribution in [2.45, 2.75) is 38.2 Å². The highest BCUT2D eigenvalue weighted by Gasteiger charge is 2.39. The fourth-order valence-corrected chi connectivity index (χ4v) is 3.09. The first-order chi connectivity index (χ1) is 9.19. The highest BCUT2D eigenvalue weighted by molar-refractivity contribution is 5.92. The van der Waals surface area contributed by atoms with Gasteiger partial charge in [-0.1, -0.05) is 6.07 Å². The van der Waals surface area contributed by atoms with E-state index in [9.17, 15) is 4.79 Å². The second kappa shape index (κ2) is 4.93. The molecule has 0 radical (unpaired) electrons. The lowest BCUT2D eigenvalue weighted by atomic mass is 9.88. The van der Waals surface area contributed by atoms with Gasteiger partial charge >= 0.3 is 0 Å². The number of likely N-dealkylation sites (tertiary alicyclic amines) is 1. The molecular weight excluding hydrogens is 240 g/mol. The molecule has 3 rings (SSSR count). The Labute approximate surface area is 113 Å². The molecule has 4 heteroatoms. The number of pyridine rings is 1. The van der Waals surface area contributed by atoms with Crippen molar-refractivity contribution in [3.8, 4) is 0 Å². The summed E-state index contributed by atoms with van der Waals surface area (Å²) in [5, 5.41) is 0. The van der Waals surface area contributed by atoms with Gasteiger partial charge in [0.15, 0.2) is 0 Å². The molecule has 19 heavy (non-hydrogen) atoms. The van der Waals surface area contributed by atoms with Crippen LogP contribution in [0.25, 0.3) is 0 Å². The molecule has 4 nitrogen and oxygen atoms in total. The minimum Gasteiger partial charge on any atom is -0.375 e. The number of piperidine rings is 1. The highest BCUT2D eigenvalue weighted by Crippen LogP contribution is 2.35. The van der Waals surface area contributed by atoms with Gasteiger partial charge in [0.05, 0.1) is 5.60 Å². The van der Waals surface area contributed by atoms with E-state index in [0.29, 0.717) is 5.69 Å². The summed E-state index contributed by atoms with van der Waals surface area (Å²) in [6, 6.07) is 5.60. The minimum absolute atomic E-state index is 0.0524. The van der Waals surface area contributed by atoms with Gasteiger partial charge in [-0.05, 0) is 44.7 Å². The lowest BCUT2D eigenvalue weighted by Crippen LogP contribution is -2.46. The summed E-state index contributed by atoms with van der Waals surface area (Å²) in [5.41, 5.74) is 1.51. The van der Waals surface area contributed by atoms with Crippen LogP contribution in [0.4, 0.5) is 0 Å². The third kappa shape index (κ3) is 2.50. The Bertz CT molecular complexity index is 471. The van der Waals surface area contributed by atoms with E-state index in [0.717, 1.165) is 51.1 Å². The molecule has 0 bridgehead atoms. The number of carbonyl (C=O) groups is 1. The molecule has 0 N–H and O–H groups in total. The first-order valence-electron chi connectivity index (χ1n) is 7.05. The van der Waals surface area contributed by atoms with Crippen molar-refractivity contribution in [2.24, 2.45) is 0 Å². The van der Waals surface area contributed by atoms with Crippen molar-refractivity contribution in [3.63, 3.8) is 0 Å². The van der Waals surface area contributed by atoms with Crippen LogP contribution >= 0.6 is 0 Å². The summed E-state index contributed by atoms with van der Waals surface area (Å²) in [6.07, 6.45) is 4.24. The van der Waals surface area contributed by atoms with Gasteiger partial charge in [0.25, 0.3) is 5.91 Å². The van der Waals surface area contributed by atoms with Gasteiger partial charge in [-0.25, -0.2) is 4.98 Å². The summed E-state index contributed by atoms with van der Waals surface area (Å²) >= 11 is 0. The van der Waals surface area contributed by atoms with Crippen LogP contribution in [0.3, 0.4) is 0 Å². The van der Waals surface area contributed by atoms with Gasteiger partial charge in [-0.15, -0.1) is 0 Å². The van der Waals surface area contributed by atoms with Crippen LogP contribution in [0.5, 0.6) is 0 Å². The Balaban J connectivity index is 1.66. The zero-order valence-electron chi connectivity index (χ0n) is 11.4. The number of nitrogens with zero attached hydrogens (tertiary/aromatic N) is 2. The number of amides is 1. The van der Waals surface area contributed by atoms with Crippen LogP contribution in [-0.2, 0) is 4.74 Å². The van der Waals surface area contributed by atoms with Crippen LogP contribution < -0.4 is 0 Å². The van der Waals surface area contributed by atoms with E-state index < -0.39 is 0 Å². The maximum atomic E-state index is 12.4. The van der Waals surface area contributed by atoms with Gasteiger partial charge in [-0.2, -0.15) is 0 Å². The van der Waals surface area contributed by atoms with Crippen molar-refractivity contribution < 1.29 is 9.53 Å². The largest absolute Gasteiger partial charge is 0.375 e. The molecule has 102 valence electrons. The molecule has 0 saturated carbocycles. The van der Waals surface area contributed by atoms with Crippen LogP contribution in [0.1, 0.15) is 41.9 Å². The molecule has 0 aliphatic carbocycles. The molecule has 1 spiro atoms. The Kier molecular flexibility index (Phi) is 3.27. The topological polar surface area (TPSA) is 42.4 Å². The predicted molar refractivity (Wildman–Crippen MR) is 72.0 cm³/mol. The molecule has 1 aromatic heterocycles. The zero-order valence-corrected chi connectivity index (χ0v) is 11.4. The Hall–Kier alpha value is -1.42. The first kappa shape index (κ1) is 12.6. The van der Waals surface area contributed by atoms with E-state index in [2.05, 4.69) is 4.98 Å². The number of carbonyl (C=O) groups excluding carboxylic acids is 1. The molecule has 1 aromatic rings. The predicted octanol–water partition coefficient (Wildman–Crippen LogP) is 2.18. The van der Waals surface area contributed by atoms with Crippen molar-refractivity contribution in [1.82, 2.24) is 9.88 Å². The van der Waals surface area contributed by atoms with Crippen LogP contribution in [0.2, 0.25) is 0 Å². The number of hydrogen-bond donors (Lipinski definition) is 0. The molecule has 0 unspecified atom stereocenters. The van der Waals surface area contributed by atoms with E-state index in [1.54, 1.807) is 6.07 Å². The van der Waals surface area contributed by atoms with Gasteiger partial charge in [0.2, 0.25) is 0 Å². The number of aryl methyl sites for hydroxylation is 1. The van der Waals surface area contributed by atoms with E-state index in [1.165, 1.54) is 0 Å². The van der Waals surface area contributed by atoms with Gasteiger partial charge in [0.1, 0.15) is 5.69 Å². The Morgan fingerprint density at radius 2 is 2.11 bits per heavy atom. The fourth-order valence-electron chi connectivity index (χ4n) is 3.09. The lowest BCUT2D eigenvalue weighted by Gasteiger charge is -2.38. The Morgan fingerprint density at radius 1 is 1.32 bits per heavy atom. The molecular formula is C15H20N2O2. The first-order valence-corrected chi connectivity index (χ1v) is 7.05. The maximum Gasteiger partial charge on any atom is 0.272 e. The molecule has 0 atom stereocenters. The maximum absolute atomic E-state index is 12.4. The number of aromatic nitrogens is 1. The Morgan fingerprint density at radius 3 is 2.74 bits per heavy atom. The average molecular weight is 260 g/mol. The van der Waals surface area contributed by atoms with E-state index in [4.69, 9.17) is 4.74 Å². The molecule has 1 amide bonds. The molecule has 2 aliphatic rings. The second-order valence-electron chi connectivity index (χ2n) is 5.59. The van der Waals surface area contributed by atoms with Gasteiger partial charge in [-0.3, -0.25) is 4.79 Å². The fraction of sp³-hybridized carbons (Fsp3) is 0.600. The quantitative estimate of drug-likeness (QED) is 0.777. The summed E-state index contributed by atoms with van der Waals surface area (Å²) in [6.45, 7) is 4.37. The molecule has 2 fully saturated rings. The van der Waals surface area contributed by atoms with Crippen molar-refractivity contribution in [2.75, 3.05) is 19.7 Å². The van der Waals surface area contributed by atoms with Crippen molar-refractivity contribution in [3.05, 3.63) is 29.6 Å². The number of ether oxygens (including phenoxy) is 1. The second-order valence-corrected chi connectivity index (χ2v) is 5.59. The zero-order chi connectivity index (χ0) is 13.3. The van der Waals surface area contributed by atoms with Crippen molar-refractivity contribution in [1.29, 1.82) is 0 Å². The van der Waals surface area contributed by atoms with E-state index in [-0.39, 0.29) is 11.5 Å². The molecule has 2 aliphatic heterocycles. The summed E-state index contributed by atoms with van der Waals surface area (Å²) in [7, 11) is 0. The highest BCUT2D eigenvalue weighted by atomic mass is 16.5. The summed E-state index contributed by atoms with van der Waals surface area (Å²) in [4.78, 5) is 18.6. The van der Waals surface area contributed by atoms with Gasteiger partial charge < -0.3 is 9.64 Å². The summed E-state index contributed by atoms with van der Waals surface area (Å²) < 4.78 is 5.88. The monoisotopic (exact) mass is 260 g/mol. The van der Waals surface area contributed by atoms with Crippen LogP contribution in [0.15, 0.2) is 18.2 Å². The SMILES string of the molecule is Cc1cccc(C(=O)N2CCC3(CCCO3)CC2)n1. The number of rotatable bonds is 1. The van der Waals surface area contributed by atoms with E-state index >= 15 is 0 Å². The average Bonchev–Trinajstić information content (AvgIpc) is 2.87. The van der Waals surface area contributed by atoms with Crippen LogP contribution in [0, 0.1) is 6.92 Å². The number of hydrogen-bond acceptors (Lipinski definition) is 3. The van der Waals surface area contributed by atoms with E-state index in [1.807, 2.05) is 24.0 Å². The normalized spacial score (nSPS) is 21.8. The molecule has 3 heterocycles. The van der Waals surface area contributed by atoms with Crippen LogP contribution in [-0.4, -0.2) is 41.1 Å². The molecule has 2 saturated heterocycles.